The normalized spacial score (nSPS) is 15.8. The first-order valence-corrected chi connectivity index (χ1v) is 13.6. The smallest absolute Gasteiger partial charge is 0.257 e. The fourth-order valence-corrected chi connectivity index (χ4v) is 6.40. The molecule has 2 heterocycles. The third-order valence-corrected chi connectivity index (χ3v) is 8.38. The lowest BCUT2D eigenvalue weighted by Gasteiger charge is -2.26. The van der Waals surface area contributed by atoms with Gasteiger partial charge < -0.3 is 4.90 Å². The van der Waals surface area contributed by atoms with Crippen LogP contribution in [0.3, 0.4) is 0 Å². The summed E-state index contributed by atoms with van der Waals surface area (Å²) in [6.45, 7) is 2.79. The molecule has 1 saturated carbocycles. The maximum absolute atomic E-state index is 13.1. The van der Waals surface area contributed by atoms with E-state index in [0.29, 0.717) is 16.6 Å². The molecule has 4 aromatic rings. The molecular formula is C30H29N3O2S. The molecule has 6 rings (SSSR count). The number of hydrogen-bond acceptors (Lipinski definition) is 4. The van der Waals surface area contributed by atoms with Gasteiger partial charge in [0.15, 0.2) is 5.13 Å². The highest BCUT2D eigenvalue weighted by atomic mass is 32.1. The van der Waals surface area contributed by atoms with Crippen LogP contribution in [0, 0.1) is 12.8 Å². The molecule has 2 aliphatic rings. The van der Waals surface area contributed by atoms with Crippen LogP contribution in [-0.2, 0) is 11.2 Å². The molecule has 0 saturated heterocycles. The molecule has 1 aliphatic carbocycles. The predicted octanol–water partition coefficient (Wildman–Crippen LogP) is 6.99. The second kappa shape index (κ2) is 9.51. The fourth-order valence-electron chi connectivity index (χ4n) is 5.57. The third kappa shape index (κ3) is 4.30. The molecule has 0 spiro atoms. The van der Waals surface area contributed by atoms with Crippen LogP contribution >= 0.6 is 11.3 Å². The Morgan fingerprint density at radius 1 is 0.972 bits per heavy atom. The number of aryl methyl sites for hydroxylation is 1. The molecule has 182 valence electrons. The van der Waals surface area contributed by atoms with Gasteiger partial charge in [0.2, 0.25) is 5.91 Å². The lowest BCUT2D eigenvalue weighted by molar-refractivity contribution is -0.123. The van der Waals surface area contributed by atoms with Crippen LogP contribution in [0.15, 0.2) is 60.7 Å². The van der Waals surface area contributed by atoms with Crippen LogP contribution in [0.5, 0.6) is 0 Å². The summed E-state index contributed by atoms with van der Waals surface area (Å²) in [5.41, 5.74) is 4.77. The van der Waals surface area contributed by atoms with Gasteiger partial charge in [-0.05, 0) is 66.8 Å². The average molecular weight is 496 g/mol. The SMILES string of the molecule is Cc1sc(NC(=O)c2ccc3ccccc3c2)nc1-c1ccc2c(c1)CCN2C(=O)C1CCCCC1. The van der Waals surface area contributed by atoms with Gasteiger partial charge >= 0.3 is 0 Å². The number of carbonyl (C=O) groups is 2. The molecule has 3 aromatic carbocycles. The number of carbonyl (C=O) groups excluding carboxylic acids is 2. The lowest BCUT2D eigenvalue weighted by atomic mass is 9.88. The number of thiazole rings is 1. The van der Waals surface area contributed by atoms with E-state index in [4.69, 9.17) is 4.98 Å². The van der Waals surface area contributed by atoms with Crippen molar-refractivity contribution in [1.82, 2.24) is 4.98 Å². The second-order valence-corrected chi connectivity index (χ2v) is 11.1. The van der Waals surface area contributed by atoms with Crippen molar-refractivity contribution in [2.24, 2.45) is 5.92 Å². The first kappa shape index (κ1) is 22.9. The number of nitrogens with zero attached hydrogens (tertiary/aromatic N) is 2. The molecule has 1 aromatic heterocycles. The van der Waals surface area contributed by atoms with Crippen LogP contribution in [0.25, 0.3) is 22.0 Å². The summed E-state index contributed by atoms with van der Waals surface area (Å²) in [6, 6.07) is 20.0. The van der Waals surface area contributed by atoms with E-state index in [2.05, 4.69) is 23.5 Å². The molecule has 0 unspecified atom stereocenters. The average Bonchev–Trinajstić information content (AvgIpc) is 3.51. The largest absolute Gasteiger partial charge is 0.312 e. The third-order valence-electron chi connectivity index (χ3n) is 7.50. The van der Waals surface area contributed by atoms with Crippen molar-refractivity contribution >= 4 is 44.7 Å². The summed E-state index contributed by atoms with van der Waals surface area (Å²) in [5.74, 6) is 0.315. The van der Waals surface area contributed by atoms with Gasteiger partial charge in [0, 0.05) is 34.2 Å². The molecular weight excluding hydrogens is 466 g/mol. The first-order chi connectivity index (χ1) is 17.6. The molecule has 36 heavy (non-hydrogen) atoms. The van der Waals surface area contributed by atoms with Gasteiger partial charge in [-0.2, -0.15) is 0 Å². The van der Waals surface area contributed by atoms with Crippen molar-refractivity contribution in [3.8, 4) is 11.3 Å². The monoisotopic (exact) mass is 495 g/mol. The van der Waals surface area contributed by atoms with Crippen LogP contribution in [0.2, 0.25) is 0 Å². The highest BCUT2D eigenvalue weighted by Crippen LogP contribution is 2.37. The number of aromatic nitrogens is 1. The van der Waals surface area contributed by atoms with Crippen molar-refractivity contribution < 1.29 is 9.59 Å². The Labute approximate surface area is 215 Å². The van der Waals surface area contributed by atoms with Crippen molar-refractivity contribution in [3.05, 3.63) is 76.7 Å². The first-order valence-electron chi connectivity index (χ1n) is 12.8. The van der Waals surface area contributed by atoms with Gasteiger partial charge in [0.25, 0.3) is 5.91 Å². The minimum atomic E-state index is -0.160. The van der Waals surface area contributed by atoms with Crippen molar-refractivity contribution in [1.29, 1.82) is 0 Å². The summed E-state index contributed by atoms with van der Waals surface area (Å²) < 4.78 is 0. The Morgan fingerprint density at radius 3 is 2.61 bits per heavy atom. The molecule has 6 heteroatoms. The second-order valence-electron chi connectivity index (χ2n) is 9.86. The maximum atomic E-state index is 13.1. The molecule has 1 N–H and O–H groups in total. The van der Waals surface area contributed by atoms with Crippen LogP contribution in [-0.4, -0.2) is 23.3 Å². The lowest BCUT2D eigenvalue weighted by Crippen LogP contribution is -2.35. The quantitative estimate of drug-likeness (QED) is 0.332. The summed E-state index contributed by atoms with van der Waals surface area (Å²) in [5, 5.41) is 5.72. The number of rotatable bonds is 4. The van der Waals surface area contributed by atoms with E-state index < -0.39 is 0 Å². The molecule has 0 atom stereocenters. The van der Waals surface area contributed by atoms with Crippen LogP contribution in [0.4, 0.5) is 10.8 Å². The van der Waals surface area contributed by atoms with Gasteiger partial charge in [-0.1, -0.05) is 55.7 Å². The Kier molecular flexibility index (Phi) is 6.05. The van der Waals surface area contributed by atoms with E-state index >= 15 is 0 Å². The predicted molar refractivity (Wildman–Crippen MR) is 147 cm³/mol. The van der Waals surface area contributed by atoms with E-state index in [1.54, 1.807) is 0 Å². The number of hydrogen-bond donors (Lipinski definition) is 1. The minimum absolute atomic E-state index is 0.160. The molecule has 2 amide bonds. The van der Waals surface area contributed by atoms with Gasteiger partial charge in [-0.25, -0.2) is 4.98 Å². The molecule has 1 fully saturated rings. The Bertz CT molecular complexity index is 1470. The fraction of sp³-hybridized carbons (Fsp3) is 0.300. The highest BCUT2D eigenvalue weighted by Gasteiger charge is 2.31. The molecule has 0 bridgehead atoms. The van der Waals surface area contributed by atoms with Crippen molar-refractivity contribution in [3.63, 3.8) is 0 Å². The molecule has 1 aliphatic heterocycles. The topological polar surface area (TPSA) is 62.3 Å². The van der Waals surface area contributed by atoms with Gasteiger partial charge in [0.05, 0.1) is 5.69 Å². The van der Waals surface area contributed by atoms with E-state index in [1.165, 1.54) is 36.2 Å². The Hall–Kier alpha value is -3.51. The maximum Gasteiger partial charge on any atom is 0.257 e. The summed E-state index contributed by atoms with van der Waals surface area (Å²) in [7, 11) is 0. The number of nitrogens with one attached hydrogen (secondary N) is 1. The van der Waals surface area contributed by atoms with Gasteiger partial charge in [0.1, 0.15) is 0 Å². The number of fused-ring (bicyclic) bond motifs is 2. The number of amides is 2. The summed E-state index contributed by atoms with van der Waals surface area (Å²) in [6.07, 6.45) is 6.50. The van der Waals surface area contributed by atoms with Gasteiger partial charge in [-0.15, -0.1) is 11.3 Å². The summed E-state index contributed by atoms with van der Waals surface area (Å²) >= 11 is 1.49. The zero-order valence-corrected chi connectivity index (χ0v) is 21.2. The zero-order valence-electron chi connectivity index (χ0n) is 20.4. The number of anilines is 2. The standard InChI is InChI=1S/C30H29N3O2S/c1-19-27(31-30(36-19)32-28(34)25-12-11-20-7-5-6-10-22(20)17-25)24-13-14-26-23(18-24)15-16-33(26)29(35)21-8-3-2-4-9-21/h5-7,10-14,17-18,21H,2-4,8-9,15-16H2,1H3,(H,31,32,34). The summed E-state index contributed by atoms with van der Waals surface area (Å²) in [4.78, 5) is 33.9. The zero-order chi connectivity index (χ0) is 24.6. The number of benzene rings is 3. The Morgan fingerprint density at radius 2 is 1.78 bits per heavy atom. The highest BCUT2D eigenvalue weighted by molar-refractivity contribution is 7.16. The van der Waals surface area contributed by atoms with E-state index in [0.717, 1.165) is 58.4 Å². The van der Waals surface area contributed by atoms with Crippen LogP contribution < -0.4 is 10.2 Å². The minimum Gasteiger partial charge on any atom is -0.312 e. The Balaban J connectivity index is 1.20. The van der Waals surface area contributed by atoms with Crippen LogP contribution in [0.1, 0.15) is 52.9 Å². The van der Waals surface area contributed by atoms with E-state index in [-0.39, 0.29) is 11.8 Å². The van der Waals surface area contributed by atoms with E-state index in [9.17, 15) is 9.59 Å². The van der Waals surface area contributed by atoms with Gasteiger partial charge in [-0.3, -0.25) is 14.9 Å². The molecule has 5 nitrogen and oxygen atoms in total. The van der Waals surface area contributed by atoms with E-state index in [1.807, 2.05) is 54.3 Å². The van der Waals surface area contributed by atoms with Crippen molar-refractivity contribution in [2.75, 3.05) is 16.8 Å². The molecule has 0 radical (unpaired) electrons. The van der Waals surface area contributed by atoms with Crippen molar-refractivity contribution in [2.45, 2.75) is 45.4 Å².